The second-order valence-corrected chi connectivity index (χ2v) is 5.34. The first-order chi connectivity index (χ1) is 11.3. The Labute approximate surface area is 138 Å². The number of benzene rings is 1. The summed E-state index contributed by atoms with van der Waals surface area (Å²) in [7, 11) is 0. The van der Waals surface area contributed by atoms with E-state index in [9.17, 15) is 17.6 Å². The van der Waals surface area contributed by atoms with E-state index < -0.39 is 17.7 Å². The molecule has 2 aromatic heterocycles. The first kappa shape index (κ1) is 16.4. The average Bonchev–Trinajstić information content (AvgIpc) is 2.89. The Balaban J connectivity index is 1.92. The zero-order valence-corrected chi connectivity index (χ0v) is 12.7. The van der Waals surface area contributed by atoms with Crippen LogP contribution in [0, 0.1) is 5.95 Å². The maximum absolute atomic E-state index is 13.5. The minimum atomic E-state index is -4.43. The molecule has 4 nitrogen and oxygen atoms in total. The van der Waals surface area contributed by atoms with Gasteiger partial charge in [-0.15, -0.1) is 0 Å². The second-order valence-electron chi connectivity index (χ2n) is 4.91. The van der Waals surface area contributed by atoms with E-state index in [0.29, 0.717) is 16.4 Å². The number of rotatable bonds is 3. The molecule has 0 radical (unpaired) electrons. The minimum absolute atomic E-state index is 0.102. The first-order valence-electron chi connectivity index (χ1n) is 6.69. The van der Waals surface area contributed by atoms with Gasteiger partial charge in [0.25, 0.3) is 0 Å². The Morgan fingerprint density at radius 1 is 1.04 bits per heavy atom. The van der Waals surface area contributed by atoms with Gasteiger partial charge in [0.2, 0.25) is 5.95 Å². The number of alkyl halides is 3. The Kier molecular flexibility index (Phi) is 4.23. The molecule has 0 fully saturated rings. The van der Waals surface area contributed by atoms with Crippen LogP contribution in [0.25, 0.3) is 11.4 Å². The van der Waals surface area contributed by atoms with E-state index in [1.807, 2.05) is 0 Å². The van der Waals surface area contributed by atoms with Crippen LogP contribution in [0.15, 0.2) is 42.9 Å². The molecule has 0 aliphatic heterocycles. The molecule has 0 bridgehead atoms. The fourth-order valence-electron chi connectivity index (χ4n) is 2.12. The number of imidazole rings is 1. The van der Waals surface area contributed by atoms with Gasteiger partial charge in [0.15, 0.2) is 0 Å². The fourth-order valence-corrected chi connectivity index (χ4v) is 2.21. The highest BCUT2D eigenvalue weighted by Crippen LogP contribution is 2.30. The maximum atomic E-state index is 13.5. The van der Waals surface area contributed by atoms with Crippen LogP contribution in [0.4, 0.5) is 17.6 Å². The van der Waals surface area contributed by atoms with Gasteiger partial charge in [0.1, 0.15) is 11.6 Å². The molecular weight excluding hydrogens is 348 g/mol. The topological polar surface area (TPSA) is 43.6 Å². The molecule has 0 N–H and O–H groups in total. The lowest BCUT2D eigenvalue weighted by atomic mass is 10.1. The predicted octanol–water partition coefficient (Wildman–Crippen LogP) is 4.20. The van der Waals surface area contributed by atoms with E-state index in [1.165, 1.54) is 29.1 Å². The van der Waals surface area contributed by atoms with Gasteiger partial charge in [-0.1, -0.05) is 23.7 Å². The van der Waals surface area contributed by atoms with E-state index in [4.69, 9.17) is 11.6 Å². The highest BCUT2D eigenvalue weighted by molar-refractivity contribution is 6.30. The molecular formula is C15H9ClF4N4. The van der Waals surface area contributed by atoms with Crippen LogP contribution in [-0.2, 0) is 12.7 Å². The second kappa shape index (κ2) is 6.20. The molecule has 24 heavy (non-hydrogen) atoms. The van der Waals surface area contributed by atoms with Crippen LogP contribution < -0.4 is 0 Å². The van der Waals surface area contributed by atoms with Crippen LogP contribution in [-0.4, -0.2) is 19.5 Å². The van der Waals surface area contributed by atoms with Crippen molar-refractivity contribution in [2.24, 2.45) is 0 Å². The normalized spacial score (nSPS) is 11.7. The van der Waals surface area contributed by atoms with Crippen molar-refractivity contribution in [1.82, 2.24) is 19.5 Å². The highest BCUT2D eigenvalue weighted by atomic mass is 35.5. The lowest BCUT2D eigenvalue weighted by Crippen LogP contribution is -2.06. The zero-order chi connectivity index (χ0) is 17.3. The molecule has 0 saturated heterocycles. The Hall–Kier alpha value is -2.48. The Morgan fingerprint density at radius 3 is 2.25 bits per heavy atom. The summed E-state index contributed by atoms with van der Waals surface area (Å²) in [6.07, 6.45) is -0.509. The van der Waals surface area contributed by atoms with Gasteiger partial charge in [-0.05, 0) is 12.1 Å². The third-order valence-electron chi connectivity index (χ3n) is 3.20. The summed E-state index contributed by atoms with van der Waals surface area (Å²) in [5, 5.41) is 0.360. The summed E-state index contributed by atoms with van der Waals surface area (Å²) in [6, 6.07) is 4.32. The van der Waals surface area contributed by atoms with E-state index in [1.54, 1.807) is 0 Å². The Morgan fingerprint density at radius 2 is 1.67 bits per heavy atom. The fraction of sp³-hybridized carbons (Fsp3) is 0.133. The average molecular weight is 357 g/mol. The van der Waals surface area contributed by atoms with Gasteiger partial charge in [-0.2, -0.15) is 17.6 Å². The molecule has 0 atom stereocenters. The summed E-state index contributed by atoms with van der Waals surface area (Å²) in [5.41, 5.74) is -0.438. The van der Waals surface area contributed by atoms with Crippen molar-refractivity contribution in [3.8, 4) is 11.4 Å². The van der Waals surface area contributed by atoms with Crippen molar-refractivity contribution in [2.45, 2.75) is 12.7 Å². The van der Waals surface area contributed by atoms with Gasteiger partial charge in [-0.3, -0.25) is 0 Å². The van der Waals surface area contributed by atoms with Crippen LogP contribution in [0.1, 0.15) is 11.4 Å². The van der Waals surface area contributed by atoms with Crippen molar-refractivity contribution in [3.63, 3.8) is 0 Å². The molecule has 124 valence electrons. The third-order valence-corrected chi connectivity index (χ3v) is 3.40. The van der Waals surface area contributed by atoms with Crippen LogP contribution >= 0.6 is 11.6 Å². The lowest BCUT2D eigenvalue weighted by molar-refractivity contribution is -0.137. The molecule has 0 amide bonds. The van der Waals surface area contributed by atoms with Crippen molar-refractivity contribution >= 4 is 11.6 Å². The third kappa shape index (κ3) is 3.53. The molecule has 3 aromatic rings. The van der Waals surface area contributed by atoms with Crippen molar-refractivity contribution in [2.75, 3.05) is 0 Å². The standard InChI is InChI=1S/C15H9ClF4N4/c16-11-5-21-13(22-6-11)8-24-7-12(17)23-14(24)9-1-3-10(4-2-9)15(18,19)20/h1-7H,8H2. The zero-order valence-electron chi connectivity index (χ0n) is 11.9. The smallest absolute Gasteiger partial charge is 0.320 e. The molecule has 0 unspecified atom stereocenters. The SMILES string of the molecule is Fc1cn(Cc2ncc(Cl)cn2)c(-c2ccc(C(F)(F)F)cc2)n1. The largest absolute Gasteiger partial charge is 0.416 e. The van der Waals surface area contributed by atoms with Crippen LogP contribution in [0.2, 0.25) is 5.02 Å². The van der Waals surface area contributed by atoms with Gasteiger partial charge in [0, 0.05) is 18.0 Å². The summed E-state index contributed by atoms with van der Waals surface area (Å²) >= 11 is 5.70. The van der Waals surface area contributed by atoms with E-state index in [-0.39, 0.29) is 12.4 Å². The number of nitrogens with zero attached hydrogens (tertiary/aromatic N) is 4. The van der Waals surface area contributed by atoms with Gasteiger partial charge >= 0.3 is 6.18 Å². The van der Waals surface area contributed by atoms with Crippen molar-refractivity contribution in [1.29, 1.82) is 0 Å². The molecule has 9 heteroatoms. The number of aromatic nitrogens is 4. The Bertz CT molecular complexity index is 841. The van der Waals surface area contributed by atoms with Crippen LogP contribution in [0.5, 0.6) is 0 Å². The number of hydrogen-bond acceptors (Lipinski definition) is 3. The van der Waals surface area contributed by atoms with Crippen molar-refractivity contribution in [3.05, 3.63) is 65.2 Å². The summed E-state index contributed by atoms with van der Waals surface area (Å²) in [4.78, 5) is 11.7. The molecule has 2 heterocycles. The van der Waals surface area contributed by atoms with Crippen LogP contribution in [0.3, 0.4) is 0 Å². The minimum Gasteiger partial charge on any atom is -0.320 e. The predicted molar refractivity (Wildman–Crippen MR) is 78.8 cm³/mol. The molecule has 3 rings (SSSR count). The van der Waals surface area contributed by atoms with E-state index >= 15 is 0 Å². The highest BCUT2D eigenvalue weighted by Gasteiger charge is 2.30. The van der Waals surface area contributed by atoms with Crippen molar-refractivity contribution < 1.29 is 17.6 Å². The maximum Gasteiger partial charge on any atom is 0.416 e. The molecule has 0 aliphatic rings. The quantitative estimate of drug-likeness (QED) is 0.661. The number of hydrogen-bond donors (Lipinski definition) is 0. The lowest BCUT2D eigenvalue weighted by Gasteiger charge is -2.09. The number of halogens is 5. The van der Waals surface area contributed by atoms with Gasteiger partial charge < -0.3 is 4.57 Å². The van der Waals surface area contributed by atoms with E-state index in [2.05, 4.69) is 15.0 Å². The molecule has 1 aromatic carbocycles. The summed E-state index contributed by atoms with van der Waals surface area (Å²) in [6.45, 7) is 0.102. The molecule has 0 saturated carbocycles. The van der Waals surface area contributed by atoms with Gasteiger partial charge in [-0.25, -0.2) is 15.0 Å². The molecule has 0 aliphatic carbocycles. The summed E-state index contributed by atoms with van der Waals surface area (Å²) < 4.78 is 52.8. The first-order valence-corrected chi connectivity index (χ1v) is 7.07. The summed E-state index contributed by atoms with van der Waals surface area (Å²) in [5.74, 6) is -0.205. The van der Waals surface area contributed by atoms with E-state index in [0.717, 1.165) is 18.3 Å². The molecule has 0 spiro atoms. The van der Waals surface area contributed by atoms with Gasteiger partial charge in [0.05, 0.1) is 23.3 Å². The monoisotopic (exact) mass is 356 g/mol.